The van der Waals surface area contributed by atoms with Crippen LogP contribution in [0.3, 0.4) is 0 Å². The standard InChI is InChI=1S/C14H14N4O3/c1-18(2)8-15-13(19)10-3-5-11-9(7-10)4-6-12(16-11)17-14(20)21/h3-8H,1-2H3,(H,16,17)(H,20,21). The molecule has 0 fully saturated rings. The summed E-state index contributed by atoms with van der Waals surface area (Å²) in [5, 5.41) is 11.6. The summed E-state index contributed by atoms with van der Waals surface area (Å²) in [5.41, 5.74) is 1.04. The van der Waals surface area contributed by atoms with Crippen LogP contribution in [-0.4, -0.2) is 47.4 Å². The van der Waals surface area contributed by atoms with Crippen LogP contribution in [0.5, 0.6) is 0 Å². The molecule has 1 heterocycles. The largest absolute Gasteiger partial charge is 0.465 e. The van der Waals surface area contributed by atoms with Crippen LogP contribution in [-0.2, 0) is 0 Å². The van der Waals surface area contributed by atoms with E-state index in [4.69, 9.17) is 5.11 Å². The zero-order chi connectivity index (χ0) is 15.4. The lowest BCUT2D eigenvalue weighted by molar-refractivity contribution is 0.100. The summed E-state index contributed by atoms with van der Waals surface area (Å²) < 4.78 is 0. The molecule has 7 heteroatoms. The molecule has 0 radical (unpaired) electrons. The van der Waals surface area contributed by atoms with Gasteiger partial charge in [0.2, 0.25) is 0 Å². The van der Waals surface area contributed by atoms with Crippen LogP contribution < -0.4 is 5.32 Å². The Labute approximate surface area is 120 Å². The smallest absolute Gasteiger partial charge is 0.410 e. The van der Waals surface area contributed by atoms with Gasteiger partial charge in [-0.3, -0.25) is 10.1 Å². The van der Waals surface area contributed by atoms with Gasteiger partial charge in [-0.15, -0.1) is 0 Å². The minimum Gasteiger partial charge on any atom is -0.465 e. The lowest BCUT2D eigenvalue weighted by Crippen LogP contribution is -2.10. The summed E-state index contributed by atoms with van der Waals surface area (Å²) in [5.74, 6) is -0.113. The molecular weight excluding hydrogens is 272 g/mol. The van der Waals surface area contributed by atoms with E-state index in [0.717, 1.165) is 5.39 Å². The number of aromatic nitrogens is 1. The van der Waals surface area contributed by atoms with Crippen LogP contribution >= 0.6 is 0 Å². The summed E-state index contributed by atoms with van der Waals surface area (Å²) in [6, 6.07) is 8.16. The maximum atomic E-state index is 11.9. The van der Waals surface area contributed by atoms with Gasteiger partial charge in [0.1, 0.15) is 5.82 Å². The van der Waals surface area contributed by atoms with Gasteiger partial charge in [-0.25, -0.2) is 9.78 Å². The van der Waals surface area contributed by atoms with E-state index in [2.05, 4.69) is 15.3 Å². The molecule has 0 aliphatic carbocycles. The van der Waals surface area contributed by atoms with E-state index in [1.165, 1.54) is 12.4 Å². The number of hydrogen-bond donors (Lipinski definition) is 2. The van der Waals surface area contributed by atoms with Gasteiger partial charge >= 0.3 is 6.09 Å². The van der Waals surface area contributed by atoms with Crippen LogP contribution in [0.2, 0.25) is 0 Å². The number of amides is 2. The average molecular weight is 286 g/mol. The summed E-state index contributed by atoms with van der Waals surface area (Å²) in [6.07, 6.45) is 0.261. The number of carboxylic acid groups (broad SMARTS) is 1. The maximum Gasteiger partial charge on any atom is 0.410 e. The van der Waals surface area contributed by atoms with Gasteiger partial charge in [-0.05, 0) is 30.3 Å². The third-order valence-corrected chi connectivity index (χ3v) is 2.58. The van der Waals surface area contributed by atoms with Crippen molar-refractivity contribution in [3.05, 3.63) is 35.9 Å². The van der Waals surface area contributed by atoms with Crippen molar-refractivity contribution < 1.29 is 14.7 Å². The Bertz CT molecular complexity index is 725. The Hall–Kier alpha value is -2.96. The molecule has 0 bridgehead atoms. The van der Waals surface area contributed by atoms with Gasteiger partial charge in [-0.1, -0.05) is 0 Å². The summed E-state index contributed by atoms with van der Waals surface area (Å²) >= 11 is 0. The van der Waals surface area contributed by atoms with Crippen molar-refractivity contribution in [2.45, 2.75) is 0 Å². The van der Waals surface area contributed by atoms with Crippen molar-refractivity contribution in [1.29, 1.82) is 0 Å². The fourth-order valence-electron chi connectivity index (χ4n) is 1.68. The average Bonchev–Trinajstić information content (AvgIpc) is 2.43. The predicted octanol–water partition coefficient (Wildman–Crippen LogP) is 2.05. The van der Waals surface area contributed by atoms with Crippen molar-refractivity contribution in [3.8, 4) is 0 Å². The van der Waals surface area contributed by atoms with E-state index >= 15 is 0 Å². The molecule has 7 nitrogen and oxygen atoms in total. The Morgan fingerprint density at radius 1 is 1.29 bits per heavy atom. The van der Waals surface area contributed by atoms with E-state index in [0.29, 0.717) is 11.1 Å². The van der Waals surface area contributed by atoms with Gasteiger partial charge in [0.15, 0.2) is 0 Å². The third kappa shape index (κ3) is 3.75. The van der Waals surface area contributed by atoms with Crippen molar-refractivity contribution in [2.24, 2.45) is 4.99 Å². The van der Waals surface area contributed by atoms with Gasteiger partial charge in [-0.2, -0.15) is 4.99 Å². The van der Waals surface area contributed by atoms with Gasteiger partial charge in [0, 0.05) is 25.0 Å². The minimum atomic E-state index is -1.17. The van der Waals surface area contributed by atoms with Crippen LogP contribution in [0, 0.1) is 0 Å². The second kappa shape index (κ2) is 6.00. The van der Waals surface area contributed by atoms with Crippen molar-refractivity contribution in [1.82, 2.24) is 9.88 Å². The first-order chi connectivity index (χ1) is 9.95. The molecule has 2 amide bonds. The molecule has 2 rings (SSSR count). The van der Waals surface area contributed by atoms with Crippen LogP contribution in [0.25, 0.3) is 10.9 Å². The molecule has 1 aromatic heterocycles. The SMILES string of the molecule is CN(C)C=NC(=O)c1ccc2nc(NC(=O)O)ccc2c1. The van der Waals surface area contributed by atoms with Crippen molar-refractivity contribution >= 4 is 35.1 Å². The quantitative estimate of drug-likeness (QED) is 0.665. The number of nitrogens with zero attached hydrogens (tertiary/aromatic N) is 3. The molecular formula is C14H14N4O3. The highest BCUT2D eigenvalue weighted by molar-refractivity contribution is 6.01. The highest BCUT2D eigenvalue weighted by Crippen LogP contribution is 2.17. The highest BCUT2D eigenvalue weighted by atomic mass is 16.4. The summed E-state index contributed by atoms with van der Waals surface area (Å²) in [7, 11) is 3.55. The minimum absolute atomic E-state index is 0.236. The lowest BCUT2D eigenvalue weighted by Gasteiger charge is -2.04. The molecule has 2 N–H and O–H groups in total. The zero-order valence-corrected chi connectivity index (χ0v) is 11.6. The Kier molecular flexibility index (Phi) is 4.13. The van der Waals surface area contributed by atoms with Gasteiger partial charge < -0.3 is 10.0 Å². The van der Waals surface area contributed by atoms with E-state index in [1.54, 1.807) is 43.3 Å². The number of benzene rings is 1. The number of carbonyl (C=O) groups is 2. The van der Waals surface area contributed by atoms with E-state index in [9.17, 15) is 9.59 Å². The Balaban J connectivity index is 2.30. The number of nitrogens with one attached hydrogen (secondary N) is 1. The first kappa shape index (κ1) is 14.4. The normalized spacial score (nSPS) is 10.8. The number of fused-ring (bicyclic) bond motifs is 1. The van der Waals surface area contributed by atoms with Crippen molar-refractivity contribution in [2.75, 3.05) is 19.4 Å². The topological polar surface area (TPSA) is 94.9 Å². The number of aliphatic imine (C=N–C) groups is 1. The number of carbonyl (C=O) groups excluding carboxylic acids is 1. The van der Waals surface area contributed by atoms with Gasteiger partial charge in [0.25, 0.3) is 5.91 Å². The zero-order valence-electron chi connectivity index (χ0n) is 11.6. The molecule has 2 aromatic rings. The van der Waals surface area contributed by atoms with E-state index in [-0.39, 0.29) is 11.7 Å². The molecule has 0 saturated carbocycles. The summed E-state index contributed by atoms with van der Waals surface area (Å²) in [6.45, 7) is 0. The van der Waals surface area contributed by atoms with Crippen LogP contribution in [0.15, 0.2) is 35.3 Å². The molecule has 0 aliphatic heterocycles. The first-order valence-corrected chi connectivity index (χ1v) is 6.11. The Morgan fingerprint density at radius 3 is 2.71 bits per heavy atom. The molecule has 0 aliphatic rings. The number of rotatable bonds is 3. The molecule has 0 saturated heterocycles. The Morgan fingerprint density at radius 2 is 2.05 bits per heavy atom. The number of hydrogen-bond acceptors (Lipinski definition) is 3. The van der Waals surface area contributed by atoms with E-state index in [1.807, 2.05) is 0 Å². The molecule has 21 heavy (non-hydrogen) atoms. The maximum absolute atomic E-state index is 11.9. The van der Waals surface area contributed by atoms with Crippen LogP contribution in [0.1, 0.15) is 10.4 Å². The molecule has 1 aromatic carbocycles. The fourth-order valence-corrected chi connectivity index (χ4v) is 1.68. The second-order valence-electron chi connectivity index (χ2n) is 4.55. The number of anilines is 1. The van der Waals surface area contributed by atoms with Crippen LogP contribution in [0.4, 0.5) is 10.6 Å². The van der Waals surface area contributed by atoms with Crippen molar-refractivity contribution in [3.63, 3.8) is 0 Å². The molecule has 0 spiro atoms. The molecule has 0 atom stereocenters. The highest BCUT2D eigenvalue weighted by Gasteiger charge is 2.06. The lowest BCUT2D eigenvalue weighted by atomic mass is 10.1. The predicted molar refractivity (Wildman–Crippen MR) is 79.9 cm³/mol. The second-order valence-corrected chi connectivity index (χ2v) is 4.55. The van der Waals surface area contributed by atoms with E-state index < -0.39 is 6.09 Å². The molecule has 108 valence electrons. The first-order valence-electron chi connectivity index (χ1n) is 6.11. The fraction of sp³-hybridized carbons (Fsp3) is 0.143. The summed E-state index contributed by atoms with van der Waals surface area (Å²) in [4.78, 5) is 32.1. The number of pyridine rings is 1. The monoisotopic (exact) mass is 286 g/mol. The van der Waals surface area contributed by atoms with Gasteiger partial charge in [0.05, 0.1) is 11.9 Å². The molecule has 0 unspecified atom stereocenters. The third-order valence-electron chi connectivity index (χ3n) is 2.58.